The second-order valence-corrected chi connectivity index (χ2v) is 3.80. The summed E-state index contributed by atoms with van der Waals surface area (Å²) >= 11 is 0. The topological polar surface area (TPSA) is 59.2 Å². The standard InChI is InChI=1S/C11H14F3N3O/c1-2-5-17(7-11(12,13)14)10(18)8-3-4-16-6-9(8)15/h3-4,6H,2,5,7,15H2,1H3. The minimum Gasteiger partial charge on any atom is -0.397 e. The van der Waals surface area contributed by atoms with Gasteiger partial charge in [-0.3, -0.25) is 9.78 Å². The molecule has 1 heterocycles. The summed E-state index contributed by atoms with van der Waals surface area (Å²) in [6.45, 7) is 0.452. The van der Waals surface area contributed by atoms with E-state index in [9.17, 15) is 18.0 Å². The highest BCUT2D eigenvalue weighted by Gasteiger charge is 2.33. The molecule has 0 fully saturated rings. The molecule has 0 radical (unpaired) electrons. The number of amides is 1. The first-order valence-electron chi connectivity index (χ1n) is 5.40. The van der Waals surface area contributed by atoms with Gasteiger partial charge in [0.2, 0.25) is 0 Å². The minimum atomic E-state index is -4.42. The van der Waals surface area contributed by atoms with Crippen LogP contribution in [0.4, 0.5) is 18.9 Å². The maximum absolute atomic E-state index is 12.4. The fourth-order valence-electron chi connectivity index (χ4n) is 1.51. The Hall–Kier alpha value is -1.79. The molecule has 18 heavy (non-hydrogen) atoms. The molecular weight excluding hydrogens is 247 g/mol. The van der Waals surface area contributed by atoms with Crippen molar-refractivity contribution in [2.75, 3.05) is 18.8 Å². The normalized spacial score (nSPS) is 11.3. The van der Waals surface area contributed by atoms with Crippen LogP contribution in [0.25, 0.3) is 0 Å². The maximum atomic E-state index is 12.4. The molecule has 1 rings (SSSR count). The number of carbonyl (C=O) groups excluding carboxylic acids is 1. The van der Waals surface area contributed by atoms with E-state index >= 15 is 0 Å². The molecule has 1 aromatic rings. The Morgan fingerprint density at radius 1 is 1.50 bits per heavy atom. The maximum Gasteiger partial charge on any atom is 0.406 e. The molecule has 1 aromatic heterocycles. The van der Waals surface area contributed by atoms with Gasteiger partial charge in [0.1, 0.15) is 6.54 Å². The number of carbonyl (C=O) groups is 1. The Morgan fingerprint density at radius 3 is 2.67 bits per heavy atom. The van der Waals surface area contributed by atoms with Gasteiger partial charge in [0.15, 0.2) is 0 Å². The largest absolute Gasteiger partial charge is 0.406 e. The number of halogens is 3. The van der Waals surface area contributed by atoms with Gasteiger partial charge >= 0.3 is 6.18 Å². The second kappa shape index (κ2) is 5.70. The van der Waals surface area contributed by atoms with E-state index in [1.165, 1.54) is 18.5 Å². The van der Waals surface area contributed by atoms with Crippen LogP contribution in [0, 0.1) is 0 Å². The van der Waals surface area contributed by atoms with E-state index in [2.05, 4.69) is 4.98 Å². The van der Waals surface area contributed by atoms with Crippen LogP contribution in [0.5, 0.6) is 0 Å². The molecule has 0 unspecified atom stereocenters. The average molecular weight is 261 g/mol. The number of nitrogens with zero attached hydrogens (tertiary/aromatic N) is 2. The molecular formula is C11H14F3N3O. The number of pyridine rings is 1. The summed E-state index contributed by atoms with van der Waals surface area (Å²) in [5, 5.41) is 0. The first-order chi connectivity index (χ1) is 8.35. The summed E-state index contributed by atoms with van der Waals surface area (Å²) in [6, 6.07) is 1.32. The number of aromatic nitrogens is 1. The first-order valence-corrected chi connectivity index (χ1v) is 5.40. The van der Waals surface area contributed by atoms with Crippen LogP contribution in [-0.2, 0) is 0 Å². The number of nitrogens with two attached hydrogens (primary N) is 1. The fourth-order valence-corrected chi connectivity index (χ4v) is 1.51. The van der Waals surface area contributed by atoms with E-state index in [1.54, 1.807) is 6.92 Å². The van der Waals surface area contributed by atoms with Crippen LogP contribution in [0.1, 0.15) is 23.7 Å². The van der Waals surface area contributed by atoms with Gasteiger partial charge in [0, 0.05) is 12.7 Å². The lowest BCUT2D eigenvalue weighted by Crippen LogP contribution is -2.39. The first kappa shape index (κ1) is 14.3. The van der Waals surface area contributed by atoms with Gasteiger partial charge in [-0.1, -0.05) is 6.92 Å². The van der Waals surface area contributed by atoms with Crippen LogP contribution in [-0.4, -0.2) is 35.1 Å². The van der Waals surface area contributed by atoms with Gasteiger partial charge in [-0.2, -0.15) is 13.2 Å². The third-order valence-electron chi connectivity index (χ3n) is 2.23. The number of anilines is 1. The van der Waals surface area contributed by atoms with Crippen molar-refractivity contribution in [1.29, 1.82) is 0 Å². The summed E-state index contributed by atoms with van der Waals surface area (Å²) < 4.78 is 37.1. The summed E-state index contributed by atoms with van der Waals surface area (Å²) in [5.74, 6) is -0.728. The van der Waals surface area contributed by atoms with Crippen LogP contribution < -0.4 is 5.73 Å². The van der Waals surface area contributed by atoms with Gasteiger partial charge in [-0.25, -0.2) is 0 Å². The molecule has 4 nitrogen and oxygen atoms in total. The molecule has 0 aliphatic carbocycles. The van der Waals surface area contributed by atoms with E-state index in [0.29, 0.717) is 6.42 Å². The Morgan fingerprint density at radius 2 is 2.17 bits per heavy atom. The van der Waals surface area contributed by atoms with Gasteiger partial charge in [-0.15, -0.1) is 0 Å². The summed E-state index contributed by atoms with van der Waals surface area (Å²) in [7, 11) is 0. The zero-order chi connectivity index (χ0) is 13.8. The van der Waals surface area contributed by atoms with Gasteiger partial charge in [0.25, 0.3) is 5.91 Å². The zero-order valence-electron chi connectivity index (χ0n) is 9.87. The van der Waals surface area contributed by atoms with E-state index < -0.39 is 18.6 Å². The molecule has 0 saturated carbocycles. The number of hydrogen-bond donors (Lipinski definition) is 1. The van der Waals surface area contributed by atoms with Crippen LogP contribution in [0.15, 0.2) is 18.5 Å². The fraction of sp³-hybridized carbons (Fsp3) is 0.455. The highest BCUT2D eigenvalue weighted by molar-refractivity contribution is 5.98. The minimum absolute atomic E-state index is 0.0279. The van der Waals surface area contributed by atoms with E-state index in [1.807, 2.05) is 0 Å². The lowest BCUT2D eigenvalue weighted by Gasteiger charge is -2.23. The predicted octanol–water partition coefficient (Wildman–Crippen LogP) is 2.08. The Labute approximate surface area is 103 Å². The van der Waals surface area contributed by atoms with Crippen LogP contribution in [0.3, 0.4) is 0 Å². The number of rotatable bonds is 4. The highest BCUT2D eigenvalue weighted by Crippen LogP contribution is 2.20. The van der Waals surface area contributed by atoms with Gasteiger partial charge in [-0.05, 0) is 12.5 Å². The molecule has 0 spiro atoms. The second-order valence-electron chi connectivity index (χ2n) is 3.80. The van der Waals surface area contributed by atoms with Crippen molar-refractivity contribution in [2.24, 2.45) is 0 Å². The van der Waals surface area contributed by atoms with E-state index in [4.69, 9.17) is 5.73 Å². The van der Waals surface area contributed by atoms with Crippen LogP contribution in [0.2, 0.25) is 0 Å². The summed E-state index contributed by atoms with van der Waals surface area (Å²) in [4.78, 5) is 16.4. The Bertz CT molecular complexity index is 420. The molecule has 0 aliphatic heterocycles. The highest BCUT2D eigenvalue weighted by atomic mass is 19.4. The SMILES string of the molecule is CCCN(CC(F)(F)F)C(=O)c1ccncc1N. The lowest BCUT2D eigenvalue weighted by molar-refractivity contribution is -0.140. The third-order valence-corrected chi connectivity index (χ3v) is 2.23. The van der Waals surface area contributed by atoms with Gasteiger partial charge in [0.05, 0.1) is 17.4 Å². The van der Waals surface area contributed by atoms with Crippen molar-refractivity contribution in [3.8, 4) is 0 Å². The monoisotopic (exact) mass is 261 g/mol. The lowest BCUT2D eigenvalue weighted by atomic mass is 10.2. The van der Waals surface area contributed by atoms with Gasteiger partial charge < -0.3 is 10.6 Å². The van der Waals surface area contributed by atoms with Crippen molar-refractivity contribution >= 4 is 11.6 Å². The van der Waals surface area contributed by atoms with Crippen molar-refractivity contribution in [1.82, 2.24) is 9.88 Å². The third kappa shape index (κ3) is 3.90. The molecule has 2 N–H and O–H groups in total. The van der Waals surface area contributed by atoms with Crippen molar-refractivity contribution in [2.45, 2.75) is 19.5 Å². The van der Waals surface area contributed by atoms with E-state index in [-0.39, 0.29) is 17.8 Å². The summed E-state index contributed by atoms with van der Waals surface area (Å²) in [5.41, 5.74) is 5.65. The average Bonchev–Trinajstić information content (AvgIpc) is 2.26. The zero-order valence-corrected chi connectivity index (χ0v) is 9.87. The summed E-state index contributed by atoms with van der Waals surface area (Å²) in [6.07, 6.45) is -1.42. The van der Waals surface area contributed by atoms with Crippen molar-refractivity contribution < 1.29 is 18.0 Å². The number of nitrogen functional groups attached to an aromatic ring is 1. The Balaban J connectivity index is 2.93. The molecule has 7 heteroatoms. The molecule has 1 amide bonds. The van der Waals surface area contributed by atoms with Crippen molar-refractivity contribution in [3.05, 3.63) is 24.0 Å². The molecule has 0 saturated heterocycles. The Kier molecular flexibility index (Phi) is 4.52. The molecule has 100 valence electrons. The quantitative estimate of drug-likeness (QED) is 0.902. The smallest absolute Gasteiger partial charge is 0.397 e. The molecule has 0 bridgehead atoms. The van der Waals surface area contributed by atoms with Crippen LogP contribution >= 0.6 is 0 Å². The van der Waals surface area contributed by atoms with Crippen molar-refractivity contribution in [3.63, 3.8) is 0 Å². The molecule has 0 aliphatic rings. The molecule has 0 atom stereocenters. The number of hydrogen-bond acceptors (Lipinski definition) is 3. The van der Waals surface area contributed by atoms with E-state index in [0.717, 1.165) is 4.90 Å². The predicted molar refractivity (Wildman–Crippen MR) is 60.9 cm³/mol. The number of alkyl halides is 3. The molecule has 0 aromatic carbocycles.